The van der Waals surface area contributed by atoms with Gasteiger partial charge in [0.15, 0.2) is 0 Å². The molecule has 0 radical (unpaired) electrons. The lowest BCUT2D eigenvalue weighted by molar-refractivity contribution is 0.304. The van der Waals surface area contributed by atoms with Crippen LogP contribution in [0.25, 0.3) is 0 Å². The summed E-state index contributed by atoms with van der Waals surface area (Å²) in [5.41, 5.74) is 1.78. The number of aliphatic hydroxyl groups is 1. The molecule has 0 aromatic heterocycles. The Kier molecular flexibility index (Phi) is 5.05. The minimum atomic E-state index is 0.0591. The van der Waals surface area contributed by atoms with Gasteiger partial charge >= 0.3 is 0 Å². The largest absolute Gasteiger partial charge is 0.508 e. The normalized spacial score (nSPS) is 9.65. The van der Waals surface area contributed by atoms with E-state index < -0.39 is 0 Å². The Morgan fingerprint density at radius 2 is 1.75 bits per heavy atom. The van der Waals surface area contributed by atoms with Gasteiger partial charge in [-0.3, -0.25) is 0 Å². The van der Waals surface area contributed by atoms with Crippen molar-refractivity contribution < 1.29 is 14.9 Å². The summed E-state index contributed by atoms with van der Waals surface area (Å²) in [5.74, 6) is 6.82. The molecular formula is C17H16O3. The van der Waals surface area contributed by atoms with Gasteiger partial charge in [0, 0.05) is 6.42 Å². The van der Waals surface area contributed by atoms with E-state index >= 15 is 0 Å². The lowest BCUT2D eigenvalue weighted by atomic mass is 10.2. The van der Waals surface area contributed by atoms with Crippen LogP contribution < -0.4 is 4.74 Å². The van der Waals surface area contributed by atoms with E-state index in [4.69, 9.17) is 9.84 Å². The number of hydrogen-bond acceptors (Lipinski definition) is 3. The zero-order valence-corrected chi connectivity index (χ0v) is 11.0. The molecule has 0 heterocycles. The number of ether oxygens (including phenoxy) is 1. The first-order chi connectivity index (χ1) is 9.79. The van der Waals surface area contributed by atoms with Gasteiger partial charge in [0.05, 0.1) is 12.2 Å². The fourth-order valence-electron chi connectivity index (χ4n) is 1.66. The van der Waals surface area contributed by atoms with E-state index in [1.807, 2.05) is 36.4 Å². The Bertz CT molecular complexity index is 606. The minimum absolute atomic E-state index is 0.0591. The van der Waals surface area contributed by atoms with Crippen molar-refractivity contribution in [3.63, 3.8) is 0 Å². The molecule has 3 heteroatoms. The second-order valence-corrected chi connectivity index (χ2v) is 4.23. The summed E-state index contributed by atoms with van der Waals surface area (Å²) in [6.07, 6.45) is 0.451. The zero-order valence-electron chi connectivity index (χ0n) is 11.0. The van der Waals surface area contributed by atoms with Crippen LogP contribution in [-0.2, 0) is 6.61 Å². The molecule has 0 spiro atoms. The third-order valence-electron chi connectivity index (χ3n) is 2.68. The maximum absolute atomic E-state index is 9.23. The molecule has 0 aliphatic heterocycles. The molecule has 0 aliphatic rings. The van der Waals surface area contributed by atoms with E-state index in [0.717, 1.165) is 11.1 Å². The maximum Gasteiger partial charge on any atom is 0.135 e. The first-order valence-corrected chi connectivity index (χ1v) is 6.39. The van der Waals surface area contributed by atoms with Crippen molar-refractivity contribution in [1.82, 2.24) is 0 Å². The Balaban J connectivity index is 2.06. The van der Waals surface area contributed by atoms with Crippen LogP contribution in [0.1, 0.15) is 17.5 Å². The second-order valence-electron chi connectivity index (χ2n) is 4.23. The summed E-state index contributed by atoms with van der Waals surface area (Å²) < 4.78 is 5.75. The van der Waals surface area contributed by atoms with E-state index in [1.54, 1.807) is 12.1 Å². The van der Waals surface area contributed by atoms with Crippen LogP contribution >= 0.6 is 0 Å². The van der Waals surface area contributed by atoms with E-state index in [1.165, 1.54) is 0 Å². The highest BCUT2D eigenvalue weighted by Gasteiger charge is 2.01. The lowest BCUT2D eigenvalue weighted by Crippen LogP contribution is -1.96. The topological polar surface area (TPSA) is 49.7 Å². The smallest absolute Gasteiger partial charge is 0.135 e. The predicted octanol–water partition coefficient (Wildman–Crippen LogP) is 2.71. The average molecular weight is 268 g/mol. The number of phenolic OH excluding ortho intramolecular Hbond substituents is 1. The molecule has 20 heavy (non-hydrogen) atoms. The Morgan fingerprint density at radius 1 is 1.00 bits per heavy atom. The maximum atomic E-state index is 9.23. The number of benzene rings is 2. The van der Waals surface area contributed by atoms with Crippen LogP contribution in [0.3, 0.4) is 0 Å². The fraction of sp³-hybridized carbons (Fsp3) is 0.176. The molecule has 2 N–H and O–H groups in total. The van der Waals surface area contributed by atoms with Gasteiger partial charge in [-0.15, -0.1) is 0 Å². The summed E-state index contributed by atoms with van der Waals surface area (Å²) in [5, 5.41) is 18.0. The van der Waals surface area contributed by atoms with Crippen molar-refractivity contribution in [3.8, 4) is 23.3 Å². The van der Waals surface area contributed by atoms with Crippen molar-refractivity contribution >= 4 is 0 Å². The number of para-hydroxylation sites is 1. The quantitative estimate of drug-likeness (QED) is 0.838. The standard InChI is InChI=1S/C17H16O3/c18-12-4-3-6-15-5-1-2-7-17(15)20-13-14-8-10-16(19)11-9-14/h1-2,5,7-11,18-19H,4,12-13H2. The van der Waals surface area contributed by atoms with Crippen LogP contribution in [0.4, 0.5) is 0 Å². The molecule has 2 aromatic rings. The van der Waals surface area contributed by atoms with Gasteiger partial charge in [-0.2, -0.15) is 0 Å². The summed E-state index contributed by atoms with van der Waals surface area (Å²) in [4.78, 5) is 0. The van der Waals surface area contributed by atoms with Crippen molar-refractivity contribution in [1.29, 1.82) is 0 Å². The highest BCUT2D eigenvalue weighted by atomic mass is 16.5. The molecule has 0 saturated carbocycles. The first-order valence-electron chi connectivity index (χ1n) is 6.39. The first kappa shape index (κ1) is 14.0. The van der Waals surface area contributed by atoms with Gasteiger partial charge in [0.25, 0.3) is 0 Å². The summed E-state index contributed by atoms with van der Waals surface area (Å²) in [7, 11) is 0. The molecule has 0 aliphatic carbocycles. The van der Waals surface area contributed by atoms with E-state index in [2.05, 4.69) is 11.8 Å². The molecule has 0 atom stereocenters. The predicted molar refractivity (Wildman–Crippen MR) is 77.5 cm³/mol. The van der Waals surface area contributed by atoms with Crippen molar-refractivity contribution in [2.24, 2.45) is 0 Å². The Morgan fingerprint density at radius 3 is 2.50 bits per heavy atom. The molecule has 2 rings (SSSR count). The van der Waals surface area contributed by atoms with Gasteiger partial charge in [0.1, 0.15) is 18.1 Å². The molecule has 0 unspecified atom stereocenters. The van der Waals surface area contributed by atoms with Crippen molar-refractivity contribution in [2.45, 2.75) is 13.0 Å². The molecule has 0 fully saturated rings. The molecule has 0 bridgehead atoms. The van der Waals surface area contributed by atoms with E-state index in [-0.39, 0.29) is 12.4 Å². The van der Waals surface area contributed by atoms with Crippen LogP contribution in [-0.4, -0.2) is 16.8 Å². The van der Waals surface area contributed by atoms with Crippen LogP contribution in [0.2, 0.25) is 0 Å². The van der Waals surface area contributed by atoms with Crippen molar-refractivity contribution in [3.05, 3.63) is 59.7 Å². The lowest BCUT2D eigenvalue weighted by Gasteiger charge is -2.08. The number of aliphatic hydroxyl groups excluding tert-OH is 1. The monoisotopic (exact) mass is 268 g/mol. The highest BCUT2D eigenvalue weighted by Crippen LogP contribution is 2.19. The number of aromatic hydroxyl groups is 1. The average Bonchev–Trinajstić information content (AvgIpc) is 2.48. The molecule has 3 nitrogen and oxygen atoms in total. The molecule has 0 amide bonds. The number of hydrogen-bond donors (Lipinski definition) is 2. The number of phenols is 1. The molecular weight excluding hydrogens is 252 g/mol. The third kappa shape index (κ3) is 4.04. The Labute approximate surface area is 118 Å². The molecule has 0 saturated heterocycles. The third-order valence-corrected chi connectivity index (χ3v) is 2.68. The highest BCUT2D eigenvalue weighted by molar-refractivity contribution is 5.46. The van der Waals surface area contributed by atoms with Crippen LogP contribution in [0.5, 0.6) is 11.5 Å². The minimum Gasteiger partial charge on any atom is -0.508 e. The summed E-state index contributed by atoms with van der Waals surface area (Å²) in [6.45, 7) is 0.475. The van der Waals surface area contributed by atoms with E-state index in [0.29, 0.717) is 18.8 Å². The second kappa shape index (κ2) is 7.22. The zero-order chi connectivity index (χ0) is 14.2. The molecule has 102 valence electrons. The van der Waals surface area contributed by atoms with Crippen molar-refractivity contribution in [2.75, 3.05) is 6.61 Å². The van der Waals surface area contributed by atoms with Gasteiger partial charge in [-0.05, 0) is 29.8 Å². The van der Waals surface area contributed by atoms with Gasteiger partial charge in [-0.1, -0.05) is 36.1 Å². The van der Waals surface area contributed by atoms with Gasteiger partial charge < -0.3 is 14.9 Å². The Hall–Kier alpha value is -2.44. The summed E-state index contributed by atoms with van der Waals surface area (Å²) in [6, 6.07) is 14.4. The van der Waals surface area contributed by atoms with Gasteiger partial charge in [-0.25, -0.2) is 0 Å². The van der Waals surface area contributed by atoms with Crippen LogP contribution in [0.15, 0.2) is 48.5 Å². The van der Waals surface area contributed by atoms with Crippen LogP contribution in [0, 0.1) is 11.8 Å². The SMILES string of the molecule is OCCC#Cc1ccccc1OCc1ccc(O)cc1. The van der Waals surface area contributed by atoms with E-state index in [9.17, 15) is 5.11 Å². The number of rotatable bonds is 4. The van der Waals surface area contributed by atoms with Gasteiger partial charge in [0.2, 0.25) is 0 Å². The molecule has 2 aromatic carbocycles. The summed E-state index contributed by atoms with van der Waals surface area (Å²) >= 11 is 0. The fourth-order valence-corrected chi connectivity index (χ4v) is 1.66.